The van der Waals surface area contributed by atoms with E-state index in [-0.39, 0.29) is 11.1 Å². The van der Waals surface area contributed by atoms with Crippen molar-refractivity contribution in [1.82, 2.24) is 19.9 Å². The minimum atomic E-state index is -1.71. The van der Waals surface area contributed by atoms with Gasteiger partial charge < -0.3 is 8.95 Å². The van der Waals surface area contributed by atoms with Crippen molar-refractivity contribution in [3.8, 4) is 0 Å². The molecule has 0 aliphatic carbocycles. The second-order valence-corrected chi connectivity index (χ2v) is 15.1. The maximum absolute atomic E-state index is 6.35. The zero-order valence-corrected chi connectivity index (χ0v) is 21.4. The molecule has 2 heterocycles. The van der Waals surface area contributed by atoms with Gasteiger partial charge in [-0.15, -0.1) is 0 Å². The molecule has 6 nitrogen and oxygen atoms in total. The van der Waals surface area contributed by atoms with Crippen LogP contribution in [0.5, 0.6) is 0 Å². The van der Waals surface area contributed by atoms with Crippen molar-refractivity contribution in [2.75, 3.05) is 26.2 Å². The second-order valence-electron chi connectivity index (χ2n) is 10.3. The fourth-order valence-electron chi connectivity index (χ4n) is 3.53. The van der Waals surface area contributed by atoms with Crippen molar-refractivity contribution >= 4 is 8.32 Å². The number of aryl methyl sites for hydroxylation is 1. The fourth-order valence-corrected chi connectivity index (χ4v) is 4.49. The molecule has 0 amide bonds. The summed E-state index contributed by atoms with van der Waals surface area (Å²) in [4.78, 5) is 9.46. The molecule has 1 aromatic carbocycles. The highest BCUT2D eigenvalue weighted by atomic mass is 28.4. The van der Waals surface area contributed by atoms with Gasteiger partial charge in [-0.3, -0.25) is 9.80 Å². The van der Waals surface area contributed by atoms with E-state index in [0.717, 1.165) is 50.9 Å². The van der Waals surface area contributed by atoms with Crippen LogP contribution >= 0.6 is 0 Å². The van der Waals surface area contributed by atoms with Gasteiger partial charge in [0.1, 0.15) is 0 Å². The van der Waals surface area contributed by atoms with Crippen LogP contribution in [-0.4, -0.2) is 54.4 Å². The first-order valence-electron chi connectivity index (χ1n) is 11.6. The van der Waals surface area contributed by atoms with Crippen molar-refractivity contribution < 1.29 is 8.95 Å². The molecule has 172 valence electrons. The van der Waals surface area contributed by atoms with Crippen LogP contribution in [0.1, 0.15) is 63.5 Å². The molecule has 2 aromatic rings. The zero-order valence-electron chi connectivity index (χ0n) is 20.4. The monoisotopic (exact) mass is 444 g/mol. The van der Waals surface area contributed by atoms with Gasteiger partial charge >= 0.3 is 0 Å². The van der Waals surface area contributed by atoms with E-state index in [4.69, 9.17) is 8.95 Å². The van der Waals surface area contributed by atoms with Gasteiger partial charge in [-0.2, -0.15) is 4.98 Å². The highest BCUT2D eigenvalue weighted by molar-refractivity contribution is 6.74. The van der Waals surface area contributed by atoms with E-state index in [2.05, 4.69) is 85.0 Å². The highest BCUT2D eigenvalue weighted by Crippen LogP contribution is 2.37. The standard InChI is InChI=1S/C24H40N4O2Si/c1-8-22-25-23(30-26-22)19(2)28-15-13-27(14-16-28)17-20-9-11-21(12-10-20)18-29-31(6,7)24(3,4)5/h9-12,19H,8,13-18H2,1-7H3. The number of hydrogen-bond donors (Lipinski definition) is 0. The lowest BCUT2D eigenvalue weighted by Gasteiger charge is -2.37. The predicted molar refractivity (Wildman–Crippen MR) is 127 cm³/mol. The maximum atomic E-state index is 6.35. The van der Waals surface area contributed by atoms with Crippen LogP contribution in [0.25, 0.3) is 0 Å². The molecule has 0 spiro atoms. The first-order valence-corrected chi connectivity index (χ1v) is 14.5. The van der Waals surface area contributed by atoms with Gasteiger partial charge in [0.25, 0.3) is 0 Å². The van der Waals surface area contributed by atoms with E-state index in [9.17, 15) is 0 Å². The molecule has 1 aliphatic heterocycles. The summed E-state index contributed by atoms with van der Waals surface area (Å²) in [5.74, 6) is 1.53. The molecule has 0 saturated carbocycles. The summed E-state index contributed by atoms with van der Waals surface area (Å²) >= 11 is 0. The predicted octanol–water partition coefficient (Wildman–Crippen LogP) is 5.03. The summed E-state index contributed by atoms with van der Waals surface area (Å²) in [5.41, 5.74) is 2.63. The quantitative estimate of drug-likeness (QED) is 0.532. The van der Waals surface area contributed by atoms with Crippen LogP contribution in [0, 0.1) is 0 Å². The molecule has 1 saturated heterocycles. The largest absolute Gasteiger partial charge is 0.413 e. The molecule has 1 aromatic heterocycles. The lowest BCUT2D eigenvalue weighted by molar-refractivity contribution is 0.0845. The highest BCUT2D eigenvalue weighted by Gasteiger charge is 2.37. The molecular weight excluding hydrogens is 404 g/mol. The molecule has 1 atom stereocenters. The molecule has 0 radical (unpaired) electrons. The van der Waals surface area contributed by atoms with Crippen molar-refractivity contribution in [3.63, 3.8) is 0 Å². The van der Waals surface area contributed by atoms with E-state index in [1.165, 1.54) is 11.1 Å². The normalized spacial score (nSPS) is 17.8. The Labute approximate surface area is 189 Å². The van der Waals surface area contributed by atoms with Crippen molar-refractivity contribution in [1.29, 1.82) is 0 Å². The summed E-state index contributed by atoms with van der Waals surface area (Å²) in [7, 11) is -1.71. The molecule has 1 aliphatic rings. The Morgan fingerprint density at radius 1 is 1.06 bits per heavy atom. The lowest BCUT2D eigenvalue weighted by atomic mass is 10.1. The third-order valence-electron chi connectivity index (χ3n) is 6.95. The van der Waals surface area contributed by atoms with Crippen LogP contribution in [0.3, 0.4) is 0 Å². The van der Waals surface area contributed by atoms with E-state index in [1.807, 2.05) is 6.92 Å². The average molecular weight is 445 g/mol. The molecule has 1 unspecified atom stereocenters. The Hall–Kier alpha value is -1.54. The number of rotatable bonds is 8. The summed E-state index contributed by atoms with van der Waals surface area (Å²) in [6, 6.07) is 9.13. The summed E-state index contributed by atoms with van der Waals surface area (Å²) in [6.45, 7) is 21.5. The second kappa shape index (κ2) is 9.94. The van der Waals surface area contributed by atoms with Crippen molar-refractivity contribution in [2.45, 2.75) is 78.4 Å². The lowest BCUT2D eigenvalue weighted by Crippen LogP contribution is -2.46. The molecular formula is C24H40N4O2Si. The zero-order chi connectivity index (χ0) is 22.6. The van der Waals surface area contributed by atoms with Crippen molar-refractivity contribution in [2.24, 2.45) is 0 Å². The first kappa shape index (κ1) is 24.1. The Balaban J connectivity index is 1.46. The van der Waals surface area contributed by atoms with Gasteiger partial charge in [-0.25, -0.2) is 0 Å². The van der Waals surface area contributed by atoms with Crippen LogP contribution < -0.4 is 0 Å². The van der Waals surface area contributed by atoms with Crippen LogP contribution in [-0.2, 0) is 24.0 Å². The molecule has 31 heavy (non-hydrogen) atoms. The van der Waals surface area contributed by atoms with Gasteiger partial charge in [0.05, 0.1) is 12.6 Å². The molecule has 0 N–H and O–H groups in total. The van der Waals surface area contributed by atoms with E-state index in [0.29, 0.717) is 6.61 Å². The number of aromatic nitrogens is 2. The summed E-state index contributed by atoms with van der Waals surface area (Å²) in [6.07, 6.45) is 0.811. The van der Waals surface area contributed by atoms with Crippen LogP contribution in [0.4, 0.5) is 0 Å². The van der Waals surface area contributed by atoms with Gasteiger partial charge in [-0.1, -0.05) is 57.1 Å². The van der Waals surface area contributed by atoms with Gasteiger partial charge in [0.2, 0.25) is 5.89 Å². The van der Waals surface area contributed by atoms with Gasteiger partial charge in [-0.05, 0) is 36.2 Å². The van der Waals surface area contributed by atoms with E-state index >= 15 is 0 Å². The smallest absolute Gasteiger partial charge is 0.243 e. The summed E-state index contributed by atoms with van der Waals surface area (Å²) < 4.78 is 11.8. The Kier molecular flexibility index (Phi) is 7.73. The Morgan fingerprint density at radius 2 is 1.68 bits per heavy atom. The Morgan fingerprint density at radius 3 is 2.23 bits per heavy atom. The number of benzene rings is 1. The molecule has 3 rings (SSSR count). The molecule has 1 fully saturated rings. The molecule has 7 heteroatoms. The summed E-state index contributed by atoms with van der Waals surface area (Å²) in [5, 5.41) is 4.28. The van der Waals surface area contributed by atoms with Crippen LogP contribution in [0.2, 0.25) is 18.1 Å². The van der Waals surface area contributed by atoms with Gasteiger partial charge in [0, 0.05) is 39.1 Å². The van der Waals surface area contributed by atoms with Crippen molar-refractivity contribution in [3.05, 3.63) is 47.1 Å². The fraction of sp³-hybridized carbons (Fsp3) is 0.667. The number of hydrogen-bond acceptors (Lipinski definition) is 6. The number of piperazine rings is 1. The minimum absolute atomic E-state index is 0.176. The Bertz CT molecular complexity index is 821. The topological polar surface area (TPSA) is 54.6 Å². The van der Waals surface area contributed by atoms with Gasteiger partial charge in [0.15, 0.2) is 14.1 Å². The number of nitrogens with zero attached hydrogens (tertiary/aromatic N) is 4. The van der Waals surface area contributed by atoms with Crippen LogP contribution in [0.15, 0.2) is 28.8 Å². The molecule has 0 bridgehead atoms. The maximum Gasteiger partial charge on any atom is 0.243 e. The average Bonchev–Trinajstić information content (AvgIpc) is 3.22. The van der Waals surface area contributed by atoms with E-state index < -0.39 is 8.32 Å². The third kappa shape index (κ3) is 6.25. The van der Waals surface area contributed by atoms with E-state index in [1.54, 1.807) is 0 Å². The minimum Gasteiger partial charge on any atom is -0.413 e. The first-order chi connectivity index (χ1) is 14.6. The third-order valence-corrected chi connectivity index (χ3v) is 11.4. The SMILES string of the molecule is CCc1noc(C(C)N2CCN(Cc3ccc(CO[Si](C)(C)C(C)(C)C)cc3)CC2)n1.